The normalized spacial score (nSPS) is 27.3. The Morgan fingerprint density at radius 2 is 1.94 bits per heavy atom. The Bertz CT molecular complexity index is 1060. The Morgan fingerprint density at radius 1 is 1.28 bits per heavy atom. The minimum Gasteiger partial charge on any atom is -0.480 e. The molecule has 1 aromatic carbocycles. The van der Waals surface area contributed by atoms with Gasteiger partial charge in [0.1, 0.15) is 29.6 Å². The minimum absolute atomic E-state index is 0.165. The number of carbonyl (C=O) groups excluding carboxylic acids is 1. The monoisotopic (exact) mass is 525 g/mol. The van der Waals surface area contributed by atoms with E-state index in [0.717, 1.165) is 0 Å². The summed E-state index contributed by atoms with van der Waals surface area (Å²) in [6.07, 6.45) is -0.145. The van der Waals surface area contributed by atoms with Gasteiger partial charge in [0.2, 0.25) is 5.91 Å². The molecule has 0 bridgehead atoms. The Balaban J connectivity index is 1.79. The lowest BCUT2D eigenvalue weighted by Gasteiger charge is -2.34. The van der Waals surface area contributed by atoms with Crippen LogP contribution in [0, 0.1) is 5.92 Å². The lowest BCUT2D eigenvalue weighted by Crippen LogP contribution is -2.52. The van der Waals surface area contributed by atoms with Crippen molar-refractivity contribution in [2.45, 2.75) is 57.3 Å². The van der Waals surface area contributed by atoms with Gasteiger partial charge >= 0.3 is 13.7 Å². The molecule has 1 saturated heterocycles. The molecule has 2 unspecified atom stereocenters. The fourth-order valence-corrected chi connectivity index (χ4v) is 5.42. The van der Waals surface area contributed by atoms with Gasteiger partial charge in [-0.1, -0.05) is 38.1 Å². The van der Waals surface area contributed by atoms with Crippen LogP contribution in [0.4, 0.5) is 0 Å². The zero-order valence-electron chi connectivity index (χ0n) is 20.2. The average molecular weight is 525 g/mol. The first-order chi connectivity index (χ1) is 16.9. The lowest BCUT2D eigenvalue weighted by molar-refractivity contribution is -0.145. The largest absolute Gasteiger partial charge is 0.480 e. The molecule has 3 rings (SSSR count). The number of hydrogen-bond acceptors (Lipinski definition) is 9. The number of ether oxygens (including phenoxy) is 1. The quantitative estimate of drug-likeness (QED) is 0.263. The maximum absolute atomic E-state index is 13.8. The van der Waals surface area contributed by atoms with E-state index in [1.165, 1.54) is 30.2 Å². The summed E-state index contributed by atoms with van der Waals surface area (Å²) >= 11 is 0. The molecule has 1 aromatic rings. The van der Waals surface area contributed by atoms with E-state index < -0.39 is 62.2 Å². The van der Waals surface area contributed by atoms with Gasteiger partial charge in [-0.05, 0) is 31.4 Å². The first kappa shape index (κ1) is 27.9. The molecule has 2 heterocycles. The number of hydrogen-bond donors (Lipinski definition) is 5. The maximum Gasteiger partial charge on any atom is 0.459 e. The molecule has 0 saturated carbocycles. The number of aliphatic hydroxyl groups excluding tert-OH is 2. The van der Waals surface area contributed by atoms with E-state index in [0.29, 0.717) is 6.42 Å². The molecule has 1 amide bonds. The summed E-state index contributed by atoms with van der Waals surface area (Å²) in [7, 11) is -4.35. The van der Waals surface area contributed by atoms with Crippen LogP contribution < -0.4 is 15.3 Å². The molecule has 198 valence electrons. The van der Waals surface area contributed by atoms with Crippen LogP contribution in [0.5, 0.6) is 5.75 Å². The smallest absolute Gasteiger partial charge is 0.459 e. The molecule has 2 aliphatic heterocycles. The number of amides is 1. The van der Waals surface area contributed by atoms with Crippen LogP contribution in [0.25, 0.3) is 0 Å². The highest BCUT2D eigenvalue weighted by Crippen LogP contribution is 2.48. The second-order valence-electron chi connectivity index (χ2n) is 9.07. The van der Waals surface area contributed by atoms with Crippen LogP contribution >= 0.6 is 7.75 Å². The molecule has 12 nitrogen and oxygen atoms in total. The standard InChI is InChI=1S/C23H32N3O9P/c1-14(2)23(3,22(30)31)25-36(32,35-16-9-5-4-6-10-16)33-13-17-18(27)19(28)21(34-17)26-11-7-8-15(12-26)20(24)29/h4-7,9-12,14,17-19,21,27-28H,8,13H2,1-3H3,(H2,24,29)(H,25,32)(H,30,31)/t17-,18-,19-,21-,23?,36?/m1/s1. The summed E-state index contributed by atoms with van der Waals surface area (Å²) in [6.45, 7) is 4.12. The third kappa shape index (κ3) is 6.15. The zero-order chi connectivity index (χ0) is 26.7. The summed E-state index contributed by atoms with van der Waals surface area (Å²) in [4.78, 5) is 24.9. The summed E-state index contributed by atoms with van der Waals surface area (Å²) in [6, 6.07) is 8.06. The number of carboxylic acid groups (broad SMARTS) is 1. The number of allylic oxidation sites excluding steroid dienone is 1. The SMILES string of the molecule is CC(C)C(C)(NP(=O)(OC[C@H]1O[C@@H](N2C=CCC(C(N)=O)=C2)[C@H](O)[C@@H]1O)Oc1ccccc1)C(=O)O. The summed E-state index contributed by atoms with van der Waals surface area (Å²) in [5.74, 6) is -2.24. The molecular formula is C23H32N3O9P. The predicted octanol–water partition coefficient (Wildman–Crippen LogP) is 1.31. The van der Waals surface area contributed by atoms with Crippen molar-refractivity contribution < 1.29 is 43.3 Å². The third-order valence-corrected chi connectivity index (χ3v) is 7.89. The molecule has 13 heteroatoms. The number of aliphatic hydroxyl groups is 2. The molecule has 0 aromatic heterocycles. The average Bonchev–Trinajstić information content (AvgIpc) is 3.12. The molecule has 6 atom stereocenters. The number of para-hydroxylation sites is 1. The van der Waals surface area contributed by atoms with Crippen molar-refractivity contribution in [2.75, 3.05) is 6.61 Å². The van der Waals surface area contributed by atoms with E-state index in [9.17, 15) is 29.5 Å². The molecular weight excluding hydrogens is 493 g/mol. The summed E-state index contributed by atoms with van der Waals surface area (Å²) in [5, 5.41) is 33.4. The fourth-order valence-electron chi connectivity index (χ4n) is 3.59. The van der Waals surface area contributed by atoms with Crippen molar-refractivity contribution in [1.82, 2.24) is 9.99 Å². The van der Waals surface area contributed by atoms with Gasteiger partial charge in [-0.15, -0.1) is 0 Å². The Hall–Kier alpha value is -2.73. The molecule has 36 heavy (non-hydrogen) atoms. The molecule has 0 radical (unpaired) electrons. The molecule has 0 spiro atoms. The Morgan fingerprint density at radius 3 is 2.53 bits per heavy atom. The molecule has 2 aliphatic rings. The molecule has 1 fully saturated rings. The van der Waals surface area contributed by atoms with Crippen LogP contribution in [-0.2, 0) is 23.4 Å². The van der Waals surface area contributed by atoms with Gasteiger partial charge < -0.3 is 35.2 Å². The van der Waals surface area contributed by atoms with Gasteiger partial charge in [0, 0.05) is 18.0 Å². The topological polar surface area (TPSA) is 181 Å². The van der Waals surface area contributed by atoms with Gasteiger partial charge in [-0.25, -0.2) is 4.57 Å². The van der Waals surface area contributed by atoms with E-state index in [1.54, 1.807) is 44.3 Å². The van der Waals surface area contributed by atoms with E-state index in [-0.39, 0.29) is 11.3 Å². The number of nitrogens with two attached hydrogens (primary N) is 1. The third-order valence-electron chi connectivity index (χ3n) is 6.21. The van der Waals surface area contributed by atoms with Crippen molar-refractivity contribution in [3.05, 3.63) is 54.4 Å². The second kappa shape index (κ2) is 11.1. The number of aliphatic carboxylic acids is 1. The van der Waals surface area contributed by atoms with E-state index in [2.05, 4.69) is 5.09 Å². The number of nitrogens with zero attached hydrogens (tertiary/aromatic N) is 1. The van der Waals surface area contributed by atoms with Crippen molar-refractivity contribution >= 4 is 19.6 Å². The number of benzene rings is 1. The predicted molar refractivity (Wildman–Crippen MR) is 128 cm³/mol. The van der Waals surface area contributed by atoms with E-state index in [4.69, 9.17) is 19.5 Å². The molecule has 0 aliphatic carbocycles. The molecule has 6 N–H and O–H groups in total. The van der Waals surface area contributed by atoms with Crippen LogP contribution in [0.3, 0.4) is 0 Å². The van der Waals surface area contributed by atoms with Crippen LogP contribution in [0.15, 0.2) is 54.4 Å². The van der Waals surface area contributed by atoms with E-state index >= 15 is 0 Å². The van der Waals surface area contributed by atoms with Crippen molar-refractivity contribution in [3.8, 4) is 5.75 Å². The number of primary amides is 1. The van der Waals surface area contributed by atoms with Gasteiger partial charge in [0.15, 0.2) is 6.23 Å². The number of nitrogens with one attached hydrogen (secondary N) is 1. The first-order valence-electron chi connectivity index (χ1n) is 11.3. The highest BCUT2D eigenvalue weighted by atomic mass is 31.2. The van der Waals surface area contributed by atoms with Gasteiger partial charge in [0.25, 0.3) is 0 Å². The highest BCUT2D eigenvalue weighted by molar-refractivity contribution is 7.52. The van der Waals surface area contributed by atoms with Gasteiger partial charge in [-0.2, -0.15) is 5.09 Å². The number of rotatable bonds is 11. The summed E-state index contributed by atoms with van der Waals surface area (Å²) in [5.41, 5.74) is 3.94. The second-order valence-corrected chi connectivity index (χ2v) is 10.7. The van der Waals surface area contributed by atoms with Crippen LogP contribution in [0.2, 0.25) is 0 Å². The maximum atomic E-state index is 13.8. The number of carbonyl (C=O) groups is 2. The van der Waals surface area contributed by atoms with Crippen LogP contribution in [-0.4, -0.2) is 68.8 Å². The van der Waals surface area contributed by atoms with Crippen molar-refractivity contribution in [1.29, 1.82) is 0 Å². The number of carboxylic acids is 1. The lowest BCUT2D eigenvalue weighted by atomic mass is 9.90. The van der Waals surface area contributed by atoms with Gasteiger partial charge in [0.05, 0.1) is 6.61 Å². The highest BCUT2D eigenvalue weighted by Gasteiger charge is 2.48. The summed E-state index contributed by atoms with van der Waals surface area (Å²) < 4.78 is 30.7. The van der Waals surface area contributed by atoms with E-state index in [1.807, 2.05) is 0 Å². The Labute approximate surface area is 208 Å². The minimum atomic E-state index is -4.35. The van der Waals surface area contributed by atoms with Gasteiger partial charge in [-0.3, -0.25) is 14.1 Å². The zero-order valence-corrected chi connectivity index (χ0v) is 21.1. The fraction of sp³-hybridized carbons (Fsp3) is 0.478. The first-order valence-corrected chi connectivity index (χ1v) is 12.9. The van der Waals surface area contributed by atoms with Crippen LogP contribution in [0.1, 0.15) is 27.2 Å². The Kier molecular flexibility index (Phi) is 8.60. The van der Waals surface area contributed by atoms with Crippen molar-refractivity contribution in [2.24, 2.45) is 11.7 Å². The van der Waals surface area contributed by atoms with Crippen molar-refractivity contribution in [3.63, 3.8) is 0 Å².